The maximum atomic E-state index is 12.1. The predicted molar refractivity (Wildman–Crippen MR) is 79.1 cm³/mol. The van der Waals surface area contributed by atoms with Gasteiger partial charge in [0.15, 0.2) is 0 Å². The van der Waals surface area contributed by atoms with Gasteiger partial charge < -0.3 is 10.6 Å². The predicted octanol–water partition coefficient (Wildman–Crippen LogP) is 2.95. The molecule has 0 unspecified atom stereocenters. The van der Waals surface area contributed by atoms with Crippen LogP contribution in [0, 0.1) is 10.1 Å². The van der Waals surface area contributed by atoms with Crippen LogP contribution < -0.4 is 10.6 Å². The Balaban J connectivity index is 2.70. The van der Waals surface area contributed by atoms with Crippen LogP contribution in [0.1, 0.15) is 43.0 Å². The number of carbonyl (C=O) groups excluding carboxylic acids is 1. The fraction of sp³-hybridized carbons (Fsp3) is 0.500. The third-order valence-corrected chi connectivity index (χ3v) is 3.04. The number of rotatable bonds is 8. The molecule has 0 saturated heterocycles. The van der Waals surface area contributed by atoms with E-state index < -0.39 is 4.92 Å². The van der Waals surface area contributed by atoms with Crippen molar-refractivity contribution in [3.63, 3.8) is 0 Å². The van der Waals surface area contributed by atoms with Crippen molar-refractivity contribution in [3.05, 3.63) is 33.9 Å². The number of nitro groups is 1. The molecule has 1 rings (SSSR count). The molecule has 2 N–H and O–H groups in total. The number of nitro benzene ring substituents is 1. The lowest BCUT2D eigenvalue weighted by molar-refractivity contribution is -0.384. The van der Waals surface area contributed by atoms with Gasteiger partial charge in [-0.25, -0.2) is 0 Å². The van der Waals surface area contributed by atoms with Crippen LogP contribution in [-0.4, -0.2) is 24.4 Å². The molecule has 1 amide bonds. The SMILES string of the molecule is CCCCCCNC(=O)c1cc([N+](=O)[O-])ccc1NC. The minimum atomic E-state index is -0.503. The second-order valence-electron chi connectivity index (χ2n) is 4.55. The Morgan fingerprint density at radius 3 is 2.65 bits per heavy atom. The van der Waals surface area contributed by atoms with E-state index in [-0.39, 0.29) is 11.6 Å². The molecule has 0 aliphatic carbocycles. The summed E-state index contributed by atoms with van der Waals surface area (Å²) in [6.07, 6.45) is 4.28. The van der Waals surface area contributed by atoms with Gasteiger partial charge in [0.05, 0.1) is 10.5 Å². The first-order chi connectivity index (χ1) is 9.60. The van der Waals surface area contributed by atoms with Gasteiger partial charge in [0.2, 0.25) is 0 Å². The van der Waals surface area contributed by atoms with Crippen molar-refractivity contribution in [2.24, 2.45) is 0 Å². The molecule has 0 heterocycles. The Hall–Kier alpha value is -2.11. The van der Waals surface area contributed by atoms with Crippen LogP contribution in [0.15, 0.2) is 18.2 Å². The third kappa shape index (κ3) is 4.53. The topological polar surface area (TPSA) is 84.3 Å². The quantitative estimate of drug-likeness (QED) is 0.435. The first-order valence-electron chi connectivity index (χ1n) is 6.84. The van der Waals surface area contributed by atoms with Gasteiger partial charge in [-0.2, -0.15) is 0 Å². The van der Waals surface area contributed by atoms with Gasteiger partial charge >= 0.3 is 0 Å². The molecule has 1 aromatic rings. The minimum Gasteiger partial charge on any atom is -0.387 e. The van der Waals surface area contributed by atoms with Crippen LogP contribution in [-0.2, 0) is 0 Å². The van der Waals surface area contributed by atoms with Crippen molar-refractivity contribution in [1.82, 2.24) is 5.32 Å². The molecule has 6 heteroatoms. The Bertz CT molecular complexity index is 475. The molecule has 0 fully saturated rings. The van der Waals surface area contributed by atoms with Crippen LogP contribution in [0.4, 0.5) is 11.4 Å². The van der Waals surface area contributed by atoms with Gasteiger partial charge in [-0.1, -0.05) is 26.2 Å². The second kappa shape index (κ2) is 8.14. The van der Waals surface area contributed by atoms with Gasteiger partial charge in [-0.15, -0.1) is 0 Å². The molecule has 1 aromatic carbocycles. The van der Waals surface area contributed by atoms with Crippen LogP contribution in [0.5, 0.6) is 0 Å². The normalized spacial score (nSPS) is 10.1. The first-order valence-corrected chi connectivity index (χ1v) is 6.84. The summed E-state index contributed by atoms with van der Waals surface area (Å²) in [5.74, 6) is -0.283. The summed E-state index contributed by atoms with van der Waals surface area (Å²) >= 11 is 0. The van der Waals surface area contributed by atoms with Crippen LogP contribution in [0.3, 0.4) is 0 Å². The highest BCUT2D eigenvalue weighted by atomic mass is 16.6. The summed E-state index contributed by atoms with van der Waals surface area (Å²) in [4.78, 5) is 22.3. The number of carbonyl (C=O) groups is 1. The molecule has 6 nitrogen and oxygen atoms in total. The highest BCUT2D eigenvalue weighted by Crippen LogP contribution is 2.21. The summed E-state index contributed by atoms with van der Waals surface area (Å²) in [6, 6.07) is 4.22. The zero-order chi connectivity index (χ0) is 15.0. The molecule has 0 aromatic heterocycles. The van der Waals surface area contributed by atoms with E-state index >= 15 is 0 Å². The lowest BCUT2D eigenvalue weighted by Crippen LogP contribution is -2.25. The summed E-state index contributed by atoms with van der Waals surface area (Å²) < 4.78 is 0. The Morgan fingerprint density at radius 2 is 2.05 bits per heavy atom. The van der Waals surface area contributed by atoms with E-state index in [4.69, 9.17) is 0 Å². The van der Waals surface area contributed by atoms with E-state index in [1.54, 1.807) is 13.1 Å². The lowest BCUT2D eigenvalue weighted by atomic mass is 10.1. The van der Waals surface area contributed by atoms with E-state index in [0.717, 1.165) is 25.7 Å². The maximum Gasteiger partial charge on any atom is 0.270 e. The Labute approximate surface area is 118 Å². The van der Waals surface area contributed by atoms with Gasteiger partial charge in [-0.3, -0.25) is 14.9 Å². The first kappa shape index (κ1) is 15.9. The minimum absolute atomic E-state index is 0.0832. The maximum absolute atomic E-state index is 12.1. The van der Waals surface area contributed by atoms with Crippen LogP contribution in [0.25, 0.3) is 0 Å². The number of hydrogen-bond donors (Lipinski definition) is 2. The average Bonchev–Trinajstić information content (AvgIpc) is 2.46. The zero-order valence-electron chi connectivity index (χ0n) is 11.9. The summed E-state index contributed by atoms with van der Waals surface area (Å²) in [6.45, 7) is 2.71. The molecule has 0 atom stereocenters. The fourth-order valence-electron chi connectivity index (χ4n) is 1.90. The van der Waals surface area contributed by atoms with Gasteiger partial charge in [0, 0.05) is 31.4 Å². The van der Waals surface area contributed by atoms with Gasteiger partial charge in [0.1, 0.15) is 0 Å². The van der Waals surface area contributed by atoms with E-state index in [9.17, 15) is 14.9 Å². The number of amides is 1. The molecular weight excluding hydrogens is 258 g/mol. The second-order valence-corrected chi connectivity index (χ2v) is 4.55. The number of nitrogens with one attached hydrogen (secondary N) is 2. The highest BCUT2D eigenvalue weighted by molar-refractivity contribution is 6.00. The van der Waals surface area contributed by atoms with Gasteiger partial charge in [-0.05, 0) is 12.5 Å². The van der Waals surface area contributed by atoms with Gasteiger partial charge in [0.25, 0.3) is 11.6 Å². The number of anilines is 1. The summed E-state index contributed by atoms with van der Waals surface area (Å²) in [5, 5.41) is 16.4. The molecule has 0 aliphatic heterocycles. The zero-order valence-corrected chi connectivity index (χ0v) is 11.9. The number of hydrogen-bond acceptors (Lipinski definition) is 4. The standard InChI is InChI=1S/C14H21N3O3/c1-3-4-5-6-9-16-14(18)12-10-11(17(19)20)7-8-13(12)15-2/h7-8,10,15H,3-6,9H2,1-2H3,(H,16,18). The van der Waals surface area contributed by atoms with Crippen LogP contribution in [0.2, 0.25) is 0 Å². The van der Waals surface area contributed by atoms with Crippen molar-refractivity contribution in [2.75, 3.05) is 18.9 Å². The largest absolute Gasteiger partial charge is 0.387 e. The average molecular weight is 279 g/mol. The molecule has 0 aliphatic rings. The third-order valence-electron chi connectivity index (χ3n) is 3.04. The fourth-order valence-corrected chi connectivity index (χ4v) is 1.90. The molecule has 0 spiro atoms. The molecule has 0 bridgehead atoms. The van der Waals surface area contributed by atoms with E-state index in [0.29, 0.717) is 17.8 Å². The van der Waals surface area contributed by atoms with Crippen molar-refractivity contribution < 1.29 is 9.72 Å². The van der Waals surface area contributed by atoms with E-state index in [2.05, 4.69) is 17.6 Å². The summed E-state index contributed by atoms with van der Waals surface area (Å²) in [5.41, 5.74) is 0.805. The molecule has 0 radical (unpaired) electrons. The van der Waals surface area contributed by atoms with Crippen molar-refractivity contribution >= 4 is 17.3 Å². The van der Waals surface area contributed by atoms with E-state index in [1.807, 2.05) is 0 Å². The number of benzene rings is 1. The lowest BCUT2D eigenvalue weighted by Gasteiger charge is -2.09. The Kier molecular flexibility index (Phi) is 6.49. The molecule has 20 heavy (non-hydrogen) atoms. The van der Waals surface area contributed by atoms with Crippen molar-refractivity contribution in [3.8, 4) is 0 Å². The Morgan fingerprint density at radius 1 is 1.30 bits per heavy atom. The van der Waals surface area contributed by atoms with Crippen LogP contribution >= 0.6 is 0 Å². The van der Waals surface area contributed by atoms with Crippen molar-refractivity contribution in [2.45, 2.75) is 32.6 Å². The number of nitrogens with zero attached hydrogens (tertiary/aromatic N) is 1. The molecule has 0 saturated carbocycles. The summed E-state index contributed by atoms with van der Waals surface area (Å²) in [7, 11) is 1.68. The number of non-ortho nitro benzene ring substituents is 1. The number of unbranched alkanes of at least 4 members (excludes halogenated alkanes) is 3. The van der Waals surface area contributed by atoms with E-state index in [1.165, 1.54) is 12.1 Å². The highest BCUT2D eigenvalue weighted by Gasteiger charge is 2.15. The smallest absolute Gasteiger partial charge is 0.270 e. The molecule has 110 valence electrons. The van der Waals surface area contributed by atoms with Crippen molar-refractivity contribution in [1.29, 1.82) is 0 Å². The monoisotopic (exact) mass is 279 g/mol. The molecular formula is C14H21N3O3.